The standard InChI is InChI=1S/C21H27N5O/c1-5-10-24-21-18(20(22)23)19(25-26(21)13(2)3)16-7-6-15-12-17(27-4)9-8-14(15)11-16/h6-9,11-13,24H,5,10H2,1-4H3,(H3,22,23). The molecule has 0 spiro atoms. The lowest BCUT2D eigenvalue weighted by Crippen LogP contribution is -2.17. The van der Waals surface area contributed by atoms with E-state index in [-0.39, 0.29) is 11.9 Å². The van der Waals surface area contributed by atoms with Crippen LogP contribution in [0.3, 0.4) is 0 Å². The van der Waals surface area contributed by atoms with Gasteiger partial charge in [0.15, 0.2) is 0 Å². The molecule has 4 N–H and O–H groups in total. The van der Waals surface area contributed by atoms with E-state index in [2.05, 4.69) is 32.2 Å². The maximum absolute atomic E-state index is 8.14. The van der Waals surface area contributed by atoms with Crippen LogP contribution in [0.1, 0.15) is 38.8 Å². The Hall–Kier alpha value is -3.02. The molecule has 0 atom stereocenters. The van der Waals surface area contributed by atoms with Gasteiger partial charge in [0.25, 0.3) is 0 Å². The van der Waals surface area contributed by atoms with Gasteiger partial charge in [0.05, 0.1) is 12.7 Å². The summed E-state index contributed by atoms with van der Waals surface area (Å²) in [7, 11) is 1.66. The summed E-state index contributed by atoms with van der Waals surface area (Å²) in [5.41, 5.74) is 8.29. The van der Waals surface area contributed by atoms with Gasteiger partial charge in [-0.3, -0.25) is 5.41 Å². The van der Waals surface area contributed by atoms with E-state index < -0.39 is 0 Å². The molecule has 0 amide bonds. The molecule has 0 unspecified atom stereocenters. The number of amidine groups is 1. The van der Waals surface area contributed by atoms with Crippen LogP contribution in [-0.4, -0.2) is 29.3 Å². The number of nitrogens with one attached hydrogen (secondary N) is 2. The van der Waals surface area contributed by atoms with Crippen LogP contribution in [0.5, 0.6) is 5.75 Å². The molecule has 1 heterocycles. The van der Waals surface area contributed by atoms with Gasteiger partial charge in [-0.2, -0.15) is 5.10 Å². The smallest absolute Gasteiger partial charge is 0.136 e. The summed E-state index contributed by atoms with van der Waals surface area (Å²) in [4.78, 5) is 0. The minimum Gasteiger partial charge on any atom is -0.497 e. The molecule has 6 nitrogen and oxygen atoms in total. The number of anilines is 1. The Kier molecular flexibility index (Phi) is 5.35. The number of nitrogens with two attached hydrogens (primary N) is 1. The van der Waals surface area contributed by atoms with Crippen molar-refractivity contribution in [3.8, 4) is 17.0 Å². The highest BCUT2D eigenvalue weighted by atomic mass is 16.5. The van der Waals surface area contributed by atoms with E-state index in [1.54, 1.807) is 7.11 Å². The normalized spacial score (nSPS) is 11.1. The number of rotatable bonds is 7. The quantitative estimate of drug-likeness (QED) is 0.428. The zero-order valence-corrected chi connectivity index (χ0v) is 16.3. The molecular weight excluding hydrogens is 338 g/mol. The molecule has 0 aliphatic carbocycles. The van der Waals surface area contributed by atoms with Gasteiger partial charge in [-0.15, -0.1) is 0 Å². The van der Waals surface area contributed by atoms with Crippen molar-refractivity contribution in [3.63, 3.8) is 0 Å². The van der Waals surface area contributed by atoms with Crippen molar-refractivity contribution < 1.29 is 4.74 Å². The predicted molar refractivity (Wildman–Crippen MR) is 112 cm³/mol. The SMILES string of the molecule is CCCNc1c(C(=N)N)c(-c2ccc3cc(OC)ccc3c2)nn1C(C)C. The molecule has 2 aromatic carbocycles. The maximum atomic E-state index is 8.14. The van der Waals surface area contributed by atoms with Gasteiger partial charge >= 0.3 is 0 Å². The summed E-state index contributed by atoms with van der Waals surface area (Å²) in [6, 6.07) is 12.3. The van der Waals surface area contributed by atoms with Gasteiger partial charge in [0.2, 0.25) is 0 Å². The first-order valence-corrected chi connectivity index (χ1v) is 9.25. The van der Waals surface area contributed by atoms with E-state index in [0.717, 1.165) is 46.6 Å². The first-order chi connectivity index (χ1) is 13.0. The van der Waals surface area contributed by atoms with Gasteiger partial charge in [-0.05, 0) is 49.2 Å². The van der Waals surface area contributed by atoms with E-state index in [1.165, 1.54) is 0 Å². The minimum atomic E-state index is 0.0188. The van der Waals surface area contributed by atoms with E-state index in [9.17, 15) is 0 Å². The first-order valence-electron chi connectivity index (χ1n) is 9.25. The fourth-order valence-electron chi connectivity index (χ4n) is 3.18. The number of methoxy groups -OCH3 is 1. The van der Waals surface area contributed by atoms with Gasteiger partial charge in [0.1, 0.15) is 23.1 Å². The highest BCUT2D eigenvalue weighted by molar-refractivity contribution is 6.06. The van der Waals surface area contributed by atoms with Crippen molar-refractivity contribution in [2.24, 2.45) is 5.73 Å². The van der Waals surface area contributed by atoms with Gasteiger partial charge in [0, 0.05) is 18.2 Å². The topological polar surface area (TPSA) is 89.0 Å². The third-order valence-corrected chi connectivity index (χ3v) is 4.53. The van der Waals surface area contributed by atoms with Crippen LogP contribution in [0.2, 0.25) is 0 Å². The van der Waals surface area contributed by atoms with Crippen molar-refractivity contribution in [2.45, 2.75) is 33.2 Å². The highest BCUT2D eigenvalue weighted by Crippen LogP contribution is 2.33. The molecule has 0 saturated carbocycles. The molecule has 0 fully saturated rings. The summed E-state index contributed by atoms with van der Waals surface area (Å²) >= 11 is 0. The number of hydrogen-bond acceptors (Lipinski definition) is 4. The third-order valence-electron chi connectivity index (χ3n) is 4.53. The number of fused-ring (bicyclic) bond motifs is 1. The average Bonchev–Trinajstić information content (AvgIpc) is 3.05. The molecule has 3 rings (SSSR count). The van der Waals surface area contributed by atoms with Gasteiger partial charge < -0.3 is 15.8 Å². The Morgan fingerprint density at radius 1 is 1.22 bits per heavy atom. The Morgan fingerprint density at radius 3 is 2.56 bits per heavy atom. The van der Waals surface area contributed by atoms with Crippen molar-refractivity contribution in [3.05, 3.63) is 42.0 Å². The highest BCUT2D eigenvalue weighted by Gasteiger charge is 2.22. The van der Waals surface area contributed by atoms with Crippen LogP contribution in [0, 0.1) is 5.41 Å². The van der Waals surface area contributed by atoms with Crippen LogP contribution < -0.4 is 15.8 Å². The molecule has 142 valence electrons. The Labute approximate surface area is 159 Å². The van der Waals surface area contributed by atoms with Crippen molar-refractivity contribution in [1.29, 1.82) is 5.41 Å². The molecule has 0 bridgehead atoms. The Balaban J connectivity index is 2.17. The number of nitrogens with zero attached hydrogens (tertiary/aromatic N) is 2. The summed E-state index contributed by atoms with van der Waals surface area (Å²) in [5.74, 6) is 1.66. The maximum Gasteiger partial charge on any atom is 0.136 e. The number of benzene rings is 2. The summed E-state index contributed by atoms with van der Waals surface area (Å²) in [6.07, 6.45) is 0.980. The van der Waals surface area contributed by atoms with E-state index in [4.69, 9.17) is 21.0 Å². The summed E-state index contributed by atoms with van der Waals surface area (Å²) in [6.45, 7) is 7.06. The predicted octanol–water partition coefficient (Wildman–Crippen LogP) is 4.40. The summed E-state index contributed by atoms with van der Waals surface area (Å²) < 4.78 is 7.22. The van der Waals surface area contributed by atoms with E-state index in [0.29, 0.717) is 5.56 Å². The molecule has 0 aliphatic rings. The van der Waals surface area contributed by atoms with Crippen molar-refractivity contribution >= 4 is 22.4 Å². The minimum absolute atomic E-state index is 0.0188. The van der Waals surface area contributed by atoms with E-state index >= 15 is 0 Å². The number of hydrogen-bond donors (Lipinski definition) is 3. The van der Waals surface area contributed by atoms with Crippen molar-refractivity contribution in [1.82, 2.24) is 9.78 Å². The van der Waals surface area contributed by atoms with Gasteiger partial charge in [-0.1, -0.05) is 25.1 Å². The van der Waals surface area contributed by atoms with Gasteiger partial charge in [-0.25, -0.2) is 4.68 Å². The van der Waals surface area contributed by atoms with Crippen LogP contribution in [0.25, 0.3) is 22.0 Å². The largest absolute Gasteiger partial charge is 0.497 e. The second-order valence-corrected chi connectivity index (χ2v) is 6.88. The average molecular weight is 365 g/mol. The Bertz CT molecular complexity index is 974. The second kappa shape index (κ2) is 7.70. The third kappa shape index (κ3) is 3.60. The monoisotopic (exact) mass is 365 g/mol. The van der Waals surface area contributed by atoms with Crippen LogP contribution in [0.15, 0.2) is 36.4 Å². The van der Waals surface area contributed by atoms with E-state index in [1.807, 2.05) is 35.0 Å². The molecular formula is C21H27N5O. The van der Waals surface area contributed by atoms with Crippen LogP contribution >= 0.6 is 0 Å². The fourth-order valence-corrected chi connectivity index (χ4v) is 3.18. The first kappa shape index (κ1) is 18.8. The molecule has 1 aromatic heterocycles. The lowest BCUT2D eigenvalue weighted by atomic mass is 10.0. The second-order valence-electron chi connectivity index (χ2n) is 6.88. The van der Waals surface area contributed by atoms with Crippen molar-refractivity contribution in [2.75, 3.05) is 19.0 Å². The molecule has 27 heavy (non-hydrogen) atoms. The Morgan fingerprint density at radius 2 is 1.93 bits per heavy atom. The lowest BCUT2D eigenvalue weighted by Gasteiger charge is -2.13. The molecule has 6 heteroatoms. The van der Waals surface area contributed by atoms with Crippen LogP contribution in [0.4, 0.5) is 5.82 Å². The zero-order valence-electron chi connectivity index (χ0n) is 16.3. The summed E-state index contributed by atoms with van der Waals surface area (Å²) in [5, 5.41) is 18.5. The number of nitrogen functional groups attached to an aromatic ring is 1. The molecule has 0 saturated heterocycles. The molecule has 3 aromatic rings. The number of ether oxygens (including phenoxy) is 1. The fraction of sp³-hybridized carbons (Fsp3) is 0.333. The zero-order chi connectivity index (χ0) is 19.6. The lowest BCUT2D eigenvalue weighted by molar-refractivity contribution is 0.415. The van der Waals surface area contributed by atoms with Crippen LogP contribution in [-0.2, 0) is 0 Å². The molecule has 0 radical (unpaired) electrons. The molecule has 0 aliphatic heterocycles. The number of aromatic nitrogens is 2.